The lowest BCUT2D eigenvalue weighted by Gasteiger charge is -2.29. The van der Waals surface area contributed by atoms with Crippen LogP contribution in [0.15, 0.2) is 4.99 Å². The van der Waals surface area contributed by atoms with Crippen molar-refractivity contribution in [3.05, 3.63) is 0 Å². The minimum Gasteiger partial charge on any atom is -0.357 e. The molecule has 0 radical (unpaired) electrons. The van der Waals surface area contributed by atoms with Crippen molar-refractivity contribution >= 4 is 35.8 Å². The number of guanidine groups is 1. The molecule has 1 aliphatic rings. The average Bonchev–Trinajstić information content (AvgIpc) is 2.52. The van der Waals surface area contributed by atoms with Gasteiger partial charge in [-0.3, -0.25) is 9.79 Å². The van der Waals surface area contributed by atoms with Crippen molar-refractivity contribution in [2.75, 3.05) is 39.3 Å². The van der Waals surface area contributed by atoms with Gasteiger partial charge in [0.1, 0.15) is 0 Å². The van der Waals surface area contributed by atoms with Gasteiger partial charge in [0.15, 0.2) is 5.96 Å². The van der Waals surface area contributed by atoms with Gasteiger partial charge < -0.3 is 20.9 Å². The summed E-state index contributed by atoms with van der Waals surface area (Å²) in [7, 11) is 0. The number of amides is 1. The Morgan fingerprint density at radius 1 is 1.24 bits per heavy atom. The predicted octanol–water partition coefficient (Wildman–Crippen LogP) is 2.20. The lowest BCUT2D eigenvalue weighted by molar-refractivity contribution is -0.121. The van der Waals surface area contributed by atoms with Crippen molar-refractivity contribution in [3.8, 4) is 0 Å². The van der Waals surface area contributed by atoms with Gasteiger partial charge in [-0.05, 0) is 65.6 Å². The summed E-state index contributed by atoms with van der Waals surface area (Å²) in [6, 6.07) is 0.192. The molecule has 0 aromatic heterocycles. The minimum atomic E-state index is 0. The van der Waals surface area contributed by atoms with Crippen LogP contribution in [0.1, 0.15) is 53.4 Å². The summed E-state index contributed by atoms with van der Waals surface area (Å²) in [6.07, 6.45) is 4.20. The summed E-state index contributed by atoms with van der Waals surface area (Å²) in [5.74, 6) is 1.77. The molecule has 0 spiro atoms. The van der Waals surface area contributed by atoms with Gasteiger partial charge in [0.2, 0.25) is 5.91 Å². The van der Waals surface area contributed by atoms with Crippen LogP contribution >= 0.6 is 24.0 Å². The monoisotopic (exact) mass is 467 g/mol. The Balaban J connectivity index is 0.00000576. The van der Waals surface area contributed by atoms with Crippen molar-refractivity contribution in [2.45, 2.75) is 59.4 Å². The molecule has 0 aromatic rings. The zero-order valence-corrected chi connectivity index (χ0v) is 18.8. The first-order valence-electron chi connectivity index (χ1n) is 9.55. The molecule has 3 N–H and O–H groups in total. The quantitative estimate of drug-likeness (QED) is 0.211. The fraction of sp³-hybridized carbons (Fsp3) is 0.889. The summed E-state index contributed by atoms with van der Waals surface area (Å²) in [5, 5.41) is 9.36. The second kappa shape index (κ2) is 14.6. The molecule has 0 aliphatic carbocycles. The fourth-order valence-electron chi connectivity index (χ4n) is 2.80. The zero-order valence-electron chi connectivity index (χ0n) is 16.4. The third kappa shape index (κ3) is 12.4. The first-order chi connectivity index (χ1) is 11.5. The predicted molar refractivity (Wildman–Crippen MR) is 117 cm³/mol. The first-order valence-corrected chi connectivity index (χ1v) is 9.55. The fourth-order valence-corrected chi connectivity index (χ4v) is 2.80. The van der Waals surface area contributed by atoms with E-state index in [-0.39, 0.29) is 35.9 Å². The number of carbonyl (C=O) groups excluding carboxylic acids is 1. The number of likely N-dealkylation sites (tertiary alicyclic amines) is 1. The number of halogens is 1. The molecule has 0 bridgehead atoms. The Bertz CT molecular complexity index is 382. The number of hydrogen-bond acceptors (Lipinski definition) is 3. The molecule has 1 rings (SSSR count). The SMILES string of the molecule is CCNC(=NCCCN1CCC(C)CC1)NCCC(=O)NC(C)C.I. The summed E-state index contributed by atoms with van der Waals surface area (Å²) >= 11 is 0. The van der Waals surface area contributed by atoms with Crippen molar-refractivity contribution in [3.63, 3.8) is 0 Å². The van der Waals surface area contributed by atoms with Crippen molar-refractivity contribution in [1.29, 1.82) is 0 Å². The van der Waals surface area contributed by atoms with Crippen molar-refractivity contribution < 1.29 is 4.79 Å². The molecule has 7 heteroatoms. The Labute approximate surface area is 171 Å². The van der Waals surface area contributed by atoms with E-state index in [1.165, 1.54) is 25.9 Å². The van der Waals surface area contributed by atoms with Gasteiger partial charge >= 0.3 is 0 Å². The number of aliphatic imine (C=N–C) groups is 1. The van der Waals surface area contributed by atoms with E-state index in [1.54, 1.807) is 0 Å². The molecule has 0 unspecified atom stereocenters. The molecule has 1 saturated heterocycles. The van der Waals surface area contributed by atoms with Crippen LogP contribution in [-0.4, -0.2) is 62.1 Å². The molecule has 1 amide bonds. The van der Waals surface area contributed by atoms with Gasteiger partial charge in [0.05, 0.1) is 0 Å². The molecule has 148 valence electrons. The van der Waals surface area contributed by atoms with E-state index in [4.69, 9.17) is 0 Å². The molecule has 1 fully saturated rings. The average molecular weight is 467 g/mol. The summed E-state index contributed by atoms with van der Waals surface area (Å²) in [4.78, 5) is 18.8. The topological polar surface area (TPSA) is 68.8 Å². The van der Waals surface area contributed by atoms with Crippen molar-refractivity contribution in [2.24, 2.45) is 10.9 Å². The Kier molecular flexibility index (Phi) is 14.3. The van der Waals surface area contributed by atoms with E-state index in [9.17, 15) is 4.79 Å². The highest BCUT2D eigenvalue weighted by Crippen LogP contribution is 2.15. The van der Waals surface area contributed by atoms with Crippen LogP contribution in [0.5, 0.6) is 0 Å². The Morgan fingerprint density at radius 2 is 1.92 bits per heavy atom. The maximum atomic E-state index is 11.6. The molecule has 6 nitrogen and oxygen atoms in total. The molecule has 1 heterocycles. The number of nitrogens with zero attached hydrogens (tertiary/aromatic N) is 2. The number of hydrogen-bond donors (Lipinski definition) is 3. The van der Waals surface area contributed by atoms with Crippen LogP contribution < -0.4 is 16.0 Å². The highest BCUT2D eigenvalue weighted by atomic mass is 127. The second-order valence-electron chi connectivity index (χ2n) is 7.04. The highest BCUT2D eigenvalue weighted by Gasteiger charge is 2.14. The van der Waals surface area contributed by atoms with Gasteiger partial charge in [-0.2, -0.15) is 0 Å². The van der Waals surface area contributed by atoms with Crippen molar-refractivity contribution in [1.82, 2.24) is 20.9 Å². The van der Waals surface area contributed by atoms with E-state index in [0.29, 0.717) is 13.0 Å². The maximum Gasteiger partial charge on any atom is 0.221 e. The molecule has 1 aliphatic heterocycles. The Hall–Kier alpha value is -0.570. The van der Waals surface area contributed by atoms with E-state index >= 15 is 0 Å². The molecule has 0 saturated carbocycles. The molecular formula is C18H38IN5O. The lowest BCUT2D eigenvalue weighted by atomic mass is 9.99. The third-order valence-corrected chi connectivity index (χ3v) is 4.22. The number of rotatable bonds is 9. The van der Waals surface area contributed by atoms with Gasteiger partial charge in [-0.15, -0.1) is 24.0 Å². The van der Waals surface area contributed by atoms with Crippen LogP contribution in [0.2, 0.25) is 0 Å². The second-order valence-corrected chi connectivity index (χ2v) is 7.04. The summed E-state index contributed by atoms with van der Waals surface area (Å²) < 4.78 is 0. The van der Waals surface area contributed by atoms with Gasteiger partial charge in [-0.1, -0.05) is 6.92 Å². The maximum absolute atomic E-state index is 11.6. The van der Waals surface area contributed by atoms with Gasteiger partial charge in [0, 0.05) is 32.1 Å². The molecule has 25 heavy (non-hydrogen) atoms. The number of carbonyl (C=O) groups is 1. The first kappa shape index (κ1) is 24.4. The van der Waals surface area contributed by atoms with Crippen LogP contribution in [0.4, 0.5) is 0 Å². The standard InChI is InChI=1S/C18H37N5O.HI/c1-5-19-18(21-11-7-17(24)22-15(2)3)20-10-6-12-23-13-8-16(4)9-14-23;/h15-16H,5-14H2,1-4H3,(H,22,24)(H2,19,20,21);1H. The van der Waals surface area contributed by atoms with Crippen LogP contribution in [0.3, 0.4) is 0 Å². The minimum absolute atomic E-state index is 0. The zero-order chi connectivity index (χ0) is 17.8. The van der Waals surface area contributed by atoms with E-state index in [2.05, 4.69) is 39.7 Å². The number of nitrogens with one attached hydrogen (secondary N) is 3. The number of piperidine rings is 1. The van der Waals surface area contributed by atoms with E-state index in [0.717, 1.165) is 37.9 Å². The van der Waals surface area contributed by atoms with Gasteiger partial charge in [-0.25, -0.2) is 0 Å². The largest absolute Gasteiger partial charge is 0.357 e. The molecule has 0 atom stereocenters. The molecule has 0 aromatic carbocycles. The van der Waals surface area contributed by atoms with E-state index in [1.807, 2.05) is 13.8 Å². The third-order valence-electron chi connectivity index (χ3n) is 4.22. The normalized spacial score (nSPS) is 16.4. The van der Waals surface area contributed by atoms with Crippen LogP contribution in [-0.2, 0) is 4.79 Å². The van der Waals surface area contributed by atoms with E-state index < -0.39 is 0 Å². The summed E-state index contributed by atoms with van der Waals surface area (Å²) in [5.41, 5.74) is 0. The van der Waals surface area contributed by atoms with Gasteiger partial charge in [0.25, 0.3) is 0 Å². The lowest BCUT2D eigenvalue weighted by Crippen LogP contribution is -2.40. The summed E-state index contributed by atoms with van der Waals surface area (Å²) in [6.45, 7) is 14.2. The smallest absolute Gasteiger partial charge is 0.221 e. The highest BCUT2D eigenvalue weighted by molar-refractivity contribution is 14.0. The van der Waals surface area contributed by atoms with Crippen LogP contribution in [0.25, 0.3) is 0 Å². The Morgan fingerprint density at radius 3 is 2.52 bits per heavy atom. The van der Waals surface area contributed by atoms with Crippen LogP contribution in [0, 0.1) is 5.92 Å². The molecular weight excluding hydrogens is 429 g/mol.